The molecule has 0 radical (unpaired) electrons. The molecule has 1 aliphatic rings. The number of carbonyl (C=O) groups excluding carboxylic acids is 1. The van der Waals surface area contributed by atoms with Crippen molar-refractivity contribution in [1.82, 2.24) is 14.3 Å². The van der Waals surface area contributed by atoms with E-state index in [1.54, 1.807) is 10.6 Å². The fourth-order valence-corrected chi connectivity index (χ4v) is 2.60. The van der Waals surface area contributed by atoms with Crippen LogP contribution in [0.25, 0.3) is 0 Å². The fraction of sp³-hybridized carbons (Fsp3) is 0.400. The Kier molecular flexibility index (Phi) is 3.26. The molecule has 0 saturated carbocycles. The van der Waals surface area contributed by atoms with Crippen molar-refractivity contribution < 1.29 is 4.79 Å². The van der Waals surface area contributed by atoms with E-state index in [0.29, 0.717) is 12.1 Å². The summed E-state index contributed by atoms with van der Waals surface area (Å²) < 4.78 is 2.98. The summed E-state index contributed by atoms with van der Waals surface area (Å²) in [7, 11) is 0. The van der Waals surface area contributed by atoms with Gasteiger partial charge in [-0.3, -0.25) is 9.36 Å². The van der Waals surface area contributed by atoms with E-state index in [0.717, 1.165) is 30.7 Å². The van der Waals surface area contributed by atoms with Gasteiger partial charge in [-0.25, -0.2) is 9.48 Å². The summed E-state index contributed by atoms with van der Waals surface area (Å²) in [5.41, 5.74) is 1.50. The van der Waals surface area contributed by atoms with E-state index in [1.807, 2.05) is 25.1 Å². The van der Waals surface area contributed by atoms with E-state index in [2.05, 4.69) is 5.10 Å². The van der Waals surface area contributed by atoms with Crippen LogP contribution in [-0.2, 0) is 19.5 Å². The van der Waals surface area contributed by atoms with Gasteiger partial charge in [-0.2, -0.15) is 5.10 Å². The van der Waals surface area contributed by atoms with Gasteiger partial charge in [-0.05, 0) is 25.8 Å². The lowest BCUT2D eigenvalue weighted by molar-refractivity contribution is 0.0966. The number of hydrogen-bond donors (Lipinski definition) is 0. The number of nitrogens with zero attached hydrogens (tertiary/aromatic N) is 3. The number of carbonyl (C=O) groups is 1. The van der Waals surface area contributed by atoms with Gasteiger partial charge in [0.15, 0.2) is 5.78 Å². The fourth-order valence-electron chi connectivity index (χ4n) is 2.60. The molecule has 1 aromatic heterocycles. The minimum Gasteiger partial charge on any atom is -0.292 e. The summed E-state index contributed by atoms with van der Waals surface area (Å²) >= 11 is 0. The first-order valence-electron chi connectivity index (χ1n) is 6.91. The van der Waals surface area contributed by atoms with E-state index < -0.39 is 0 Å². The SMILES string of the molecule is Cc1cccc(C(=O)Cn2nc3n(c2=O)CCCC3)c1. The van der Waals surface area contributed by atoms with Crippen molar-refractivity contribution in [2.24, 2.45) is 0 Å². The molecular weight excluding hydrogens is 254 g/mol. The number of aryl methyl sites for hydroxylation is 2. The quantitative estimate of drug-likeness (QED) is 0.796. The van der Waals surface area contributed by atoms with Crippen molar-refractivity contribution in [3.8, 4) is 0 Å². The number of aromatic nitrogens is 3. The van der Waals surface area contributed by atoms with Crippen LogP contribution in [0.4, 0.5) is 0 Å². The monoisotopic (exact) mass is 271 g/mol. The third-order valence-electron chi connectivity index (χ3n) is 3.66. The average Bonchev–Trinajstić information content (AvgIpc) is 2.76. The number of rotatable bonds is 3. The van der Waals surface area contributed by atoms with Gasteiger partial charge in [-0.1, -0.05) is 23.8 Å². The summed E-state index contributed by atoms with van der Waals surface area (Å²) in [5.74, 6) is 0.726. The summed E-state index contributed by atoms with van der Waals surface area (Å²) in [5, 5.41) is 4.28. The van der Waals surface area contributed by atoms with E-state index in [-0.39, 0.29) is 18.0 Å². The highest BCUT2D eigenvalue weighted by molar-refractivity contribution is 5.95. The molecule has 5 nitrogen and oxygen atoms in total. The summed E-state index contributed by atoms with van der Waals surface area (Å²) in [6, 6.07) is 7.40. The molecule has 0 unspecified atom stereocenters. The zero-order valence-corrected chi connectivity index (χ0v) is 11.5. The number of benzene rings is 1. The highest BCUT2D eigenvalue weighted by Crippen LogP contribution is 2.10. The van der Waals surface area contributed by atoms with Gasteiger partial charge in [0, 0.05) is 18.5 Å². The molecule has 0 amide bonds. The largest absolute Gasteiger partial charge is 0.346 e. The smallest absolute Gasteiger partial charge is 0.292 e. The third-order valence-corrected chi connectivity index (χ3v) is 3.66. The first-order chi connectivity index (χ1) is 9.65. The van der Waals surface area contributed by atoms with Crippen molar-refractivity contribution in [3.63, 3.8) is 0 Å². The lowest BCUT2D eigenvalue weighted by Gasteiger charge is -2.09. The van der Waals surface area contributed by atoms with Crippen LogP contribution in [0, 0.1) is 6.92 Å². The number of fused-ring (bicyclic) bond motifs is 1. The van der Waals surface area contributed by atoms with Crippen LogP contribution in [0.1, 0.15) is 34.6 Å². The average molecular weight is 271 g/mol. The molecule has 0 atom stereocenters. The molecule has 0 saturated heterocycles. The second kappa shape index (κ2) is 5.07. The van der Waals surface area contributed by atoms with E-state index in [4.69, 9.17) is 0 Å². The Morgan fingerprint density at radius 1 is 1.35 bits per heavy atom. The molecule has 5 heteroatoms. The van der Waals surface area contributed by atoms with Crippen molar-refractivity contribution >= 4 is 5.78 Å². The van der Waals surface area contributed by atoms with Crippen molar-refractivity contribution in [1.29, 1.82) is 0 Å². The molecule has 1 aliphatic heterocycles. The van der Waals surface area contributed by atoms with Gasteiger partial charge in [0.05, 0.1) is 0 Å². The molecule has 1 aromatic carbocycles. The first kappa shape index (κ1) is 12.8. The molecule has 0 fully saturated rings. The maximum absolute atomic E-state index is 12.2. The van der Waals surface area contributed by atoms with Gasteiger partial charge in [0.2, 0.25) is 0 Å². The Labute approximate surface area is 116 Å². The van der Waals surface area contributed by atoms with Crippen LogP contribution in [-0.4, -0.2) is 20.1 Å². The predicted octanol–water partition coefficient (Wildman–Crippen LogP) is 1.57. The molecule has 0 aliphatic carbocycles. The van der Waals surface area contributed by atoms with Gasteiger partial charge in [0.1, 0.15) is 12.4 Å². The number of Topliss-reactive ketones (excluding diaryl/α,β-unsaturated/α-hetero) is 1. The lowest BCUT2D eigenvalue weighted by Crippen LogP contribution is -2.29. The van der Waals surface area contributed by atoms with Crippen molar-refractivity contribution in [2.75, 3.05) is 0 Å². The number of ketones is 1. The topological polar surface area (TPSA) is 56.9 Å². The second-order valence-corrected chi connectivity index (χ2v) is 5.26. The summed E-state index contributed by atoms with van der Waals surface area (Å²) in [6.45, 7) is 2.67. The van der Waals surface area contributed by atoms with Gasteiger partial charge in [-0.15, -0.1) is 0 Å². The highest BCUT2D eigenvalue weighted by atomic mass is 16.2. The second-order valence-electron chi connectivity index (χ2n) is 5.26. The maximum Gasteiger partial charge on any atom is 0.346 e. The Balaban J connectivity index is 1.86. The van der Waals surface area contributed by atoms with Gasteiger partial charge in [0.25, 0.3) is 0 Å². The Morgan fingerprint density at radius 2 is 2.20 bits per heavy atom. The van der Waals surface area contributed by atoms with E-state index >= 15 is 0 Å². The molecule has 3 rings (SSSR count). The molecule has 20 heavy (non-hydrogen) atoms. The molecule has 2 heterocycles. The lowest BCUT2D eigenvalue weighted by atomic mass is 10.1. The summed E-state index contributed by atoms with van der Waals surface area (Å²) in [4.78, 5) is 24.4. The molecule has 0 spiro atoms. The predicted molar refractivity (Wildman–Crippen MR) is 74.9 cm³/mol. The van der Waals surface area contributed by atoms with Crippen LogP contribution >= 0.6 is 0 Å². The first-order valence-corrected chi connectivity index (χ1v) is 6.91. The van der Waals surface area contributed by atoms with Crippen LogP contribution in [0.5, 0.6) is 0 Å². The zero-order valence-electron chi connectivity index (χ0n) is 11.5. The minimum absolute atomic E-state index is 0.0162. The summed E-state index contributed by atoms with van der Waals surface area (Å²) in [6.07, 6.45) is 2.88. The molecular formula is C15H17N3O2. The molecule has 104 valence electrons. The zero-order chi connectivity index (χ0) is 14.1. The normalized spacial score (nSPS) is 14.1. The van der Waals surface area contributed by atoms with Crippen LogP contribution < -0.4 is 5.69 Å². The van der Waals surface area contributed by atoms with Gasteiger partial charge >= 0.3 is 5.69 Å². The van der Waals surface area contributed by atoms with E-state index in [1.165, 1.54) is 4.68 Å². The van der Waals surface area contributed by atoms with Crippen molar-refractivity contribution in [3.05, 3.63) is 51.7 Å². The Morgan fingerprint density at radius 3 is 2.95 bits per heavy atom. The van der Waals surface area contributed by atoms with Crippen molar-refractivity contribution in [2.45, 2.75) is 39.3 Å². The molecule has 0 N–H and O–H groups in total. The van der Waals surface area contributed by atoms with Crippen LogP contribution in [0.2, 0.25) is 0 Å². The number of hydrogen-bond acceptors (Lipinski definition) is 3. The highest BCUT2D eigenvalue weighted by Gasteiger charge is 2.18. The van der Waals surface area contributed by atoms with E-state index in [9.17, 15) is 9.59 Å². The van der Waals surface area contributed by atoms with Crippen LogP contribution in [0.3, 0.4) is 0 Å². The molecule has 2 aromatic rings. The Hall–Kier alpha value is -2.17. The minimum atomic E-state index is -0.166. The van der Waals surface area contributed by atoms with Crippen LogP contribution in [0.15, 0.2) is 29.1 Å². The third kappa shape index (κ3) is 2.31. The maximum atomic E-state index is 12.2. The Bertz CT molecular complexity index is 712. The standard InChI is InChI=1S/C15H17N3O2/c1-11-5-4-6-12(9-11)13(19)10-18-15(20)17-8-3-2-7-14(17)16-18/h4-6,9H,2-3,7-8,10H2,1H3. The van der Waals surface area contributed by atoms with Gasteiger partial charge < -0.3 is 0 Å². The molecule has 0 bridgehead atoms.